The third-order valence-corrected chi connectivity index (χ3v) is 6.29. The van der Waals surface area contributed by atoms with Crippen LogP contribution in [0.15, 0.2) is 30.3 Å². The summed E-state index contributed by atoms with van der Waals surface area (Å²) in [6.07, 6.45) is 6.41. The molecule has 2 aromatic rings. The first-order valence-corrected chi connectivity index (χ1v) is 8.76. The Balaban J connectivity index is 1.76. The molecule has 0 aliphatic heterocycles. The fourth-order valence-electron chi connectivity index (χ4n) is 2.81. The summed E-state index contributed by atoms with van der Waals surface area (Å²) in [5.74, 6) is 0. The van der Waals surface area contributed by atoms with E-state index in [1.807, 2.05) is 11.3 Å². The highest BCUT2D eigenvalue weighted by Gasteiger charge is 2.17. The van der Waals surface area contributed by atoms with Crippen molar-refractivity contribution in [2.45, 2.75) is 43.9 Å². The topological polar surface area (TPSA) is 0 Å². The molecule has 3 rings (SSSR count). The van der Waals surface area contributed by atoms with Gasteiger partial charge in [0.1, 0.15) is 0 Å². The van der Waals surface area contributed by atoms with Gasteiger partial charge in [-0.1, -0.05) is 45.8 Å². The van der Waals surface area contributed by atoms with Crippen molar-refractivity contribution in [3.8, 4) is 0 Å². The summed E-state index contributed by atoms with van der Waals surface area (Å²) in [7, 11) is 0. The van der Waals surface area contributed by atoms with Crippen LogP contribution in [0.4, 0.5) is 0 Å². The number of aryl methyl sites for hydroxylation is 3. The first-order valence-electron chi connectivity index (χ1n) is 7.03. The maximum absolute atomic E-state index is 3.88. The molecule has 0 amide bonds. The molecular weight excluding hydrogens is 316 g/mol. The molecule has 1 atom stereocenters. The van der Waals surface area contributed by atoms with Crippen molar-refractivity contribution in [1.29, 1.82) is 0 Å². The molecule has 1 aliphatic rings. The highest BCUT2D eigenvalue weighted by atomic mass is 79.9. The Kier molecular flexibility index (Phi) is 4.09. The predicted octanol–water partition coefficient (Wildman–Crippen LogP) is 5.61. The minimum Gasteiger partial charge on any atom is -0.144 e. The van der Waals surface area contributed by atoms with Crippen molar-refractivity contribution in [2.24, 2.45) is 0 Å². The fraction of sp³-hybridized carbons (Fsp3) is 0.412. The highest BCUT2D eigenvalue weighted by Crippen LogP contribution is 2.37. The minimum atomic E-state index is 0.463. The van der Waals surface area contributed by atoms with Crippen LogP contribution >= 0.6 is 27.3 Å². The van der Waals surface area contributed by atoms with E-state index in [0.29, 0.717) is 4.83 Å². The number of hydrogen-bond donors (Lipinski definition) is 0. The Bertz CT molecular complexity index is 547. The van der Waals surface area contributed by atoms with E-state index in [1.165, 1.54) is 41.7 Å². The maximum atomic E-state index is 3.88. The zero-order chi connectivity index (χ0) is 13.2. The van der Waals surface area contributed by atoms with Crippen molar-refractivity contribution in [3.63, 3.8) is 0 Å². The molecule has 1 aliphatic carbocycles. The van der Waals surface area contributed by atoms with Gasteiger partial charge in [0.2, 0.25) is 0 Å². The van der Waals surface area contributed by atoms with Crippen molar-refractivity contribution in [1.82, 2.24) is 0 Å². The van der Waals surface area contributed by atoms with Gasteiger partial charge in [-0.05, 0) is 56.2 Å². The van der Waals surface area contributed by atoms with Gasteiger partial charge in [-0.2, -0.15) is 0 Å². The zero-order valence-electron chi connectivity index (χ0n) is 11.3. The van der Waals surface area contributed by atoms with E-state index < -0.39 is 0 Å². The molecule has 1 unspecified atom stereocenters. The quantitative estimate of drug-likeness (QED) is 0.639. The lowest BCUT2D eigenvalue weighted by Gasteiger charge is -2.08. The number of halogens is 1. The van der Waals surface area contributed by atoms with Gasteiger partial charge >= 0.3 is 0 Å². The summed E-state index contributed by atoms with van der Waals surface area (Å²) in [5.41, 5.74) is 4.39. The molecule has 0 N–H and O–H groups in total. The van der Waals surface area contributed by atoms with E-state index in [0.717, 1.165) is 6.42 Å². The third kappa shape index (κ3) is 3.11. The van der Waals surface area contributed by atoms with Crippen molar-refractivity contribution in [2.75, 3.05) is 0 Å². The van der Waals surface area contributed by atoms with Crippen molar-refractivity contribution >= 4 is 27.3 Å². The molecule has 1 heterocycles. The van der Waals surface area contributed by atoms with Crippen LogP contribution in [0.3, 0.4) is 0 Å². The lowest BCUT2D eigenvalue weighted by molar-refractivity contribution is 0.697. The summed E-state index contributed by atoms with van der Waals surface area (Å²) in [5, 5.41) is 0. The third-order valence-electron chi connectivity index (χ3n) is 3.82. The Labute approximate surface area is 128 Å². The standard InChI is InChI=1S/C17H19BrS/c1-12-5-4-6-13(9-12)10-15(18)17-11-14-7-2-3-8-16(14)19-17/h4-6,9,11,15H,2-3,7-8,10H2,1H3. The predicted molar refractivity (Wildman–Crippen MR) is 87.5 cm³/mol. The van der Waals surface area contributed by atoms with Gasteiger partial charge < -0.3 is 0 Å². The van der Waals surface area contributed by atoms with Gasteiger partial charge in [-0.15, -0.1) is 11.3 Å². The zero-order valence-corrected chi connectivity index (χ0v) is 13.7. The lowest BCUT2D eigenvalue weighted by Crippen LogP contribution is -1.96. The van der Waals surface area contributed by atoms with E-state index in [1.54, 1.807) is 10.4 Å². The molecule has 1 aromatic heterocycles. The summed E-state index contributed by atoms with van der Waals surface area (Å²) in [6, 6.07) is 11.3. The Morgan fingerprint density at radius 3 is 2.84 bits per heavy atom. The molecule has 0 spiro atoms. The average molecular weight is 335 g/mol. The number of hydrogen-bond acceptors (Lipinski definition) is 1. The van der Waals surface area contributed by atoms with Crippen molar-refractivity contribution < 1.29 is 0 Å². The molecule has 0 bridgehead atoms. The minimum absolute atomic E-state index is 0.463. The molecular formula is C17H19BrS. The average Bonchev–Trinajstić information content (AvgIpc) is 2.82. The maximum Gasteiger partial charge on any atom is 0.0529 e. The van der Waals surface area contributed by atoms with Crippen LogP contribution < -0.4 is 0 Å². The van der Waals surface area contributed by atoms with Crippen LogP contribution in [0.1, 0.15) is 44.1 Å². The van der Waals surface area contributed by atoms with Crippen LogP contribution in [-0.2, 0) is 19.3 Å². The number of rotatable bonds is 3. The van der Waals surface area contributed by atoms with E-state index in [4.69, 9.17) is 0 Å². The van der Waals surface area contributed by atoms with Crippen LogP contribution in [0.5, 0.6) is 0 Å². The second kappa shape index (κ2) is 5.80. The van der Waals surface area contributed by atoms with Crippen LogP contribution in [0.25, 0.3) is 0 Å². The van der Waals surface area contributed by atoms with E-state index >= 15 is 0 Å². The monoisotopic (exact) mass is 334 g/mol. The van der Waals surface area contributed by atoms with E-state index in [2.05, 4.69) is 53.2 Å². The first-order chi connectivity index (χ1) is 9.22. The van der Waals surface area contributed by atoms with Gasteiger partial charge in [0, 0.05) is 9.75 Å². The number of alkyl halides is 1. The smallest absolute Gasteiger partial charge is 0.0529 e. The highest BCUT2D eigenvalue weighted by molar-refractivity contribution is 9.09. The van der Waals surface area contributed by atoms with Gasteiger partial charge in [0.05, 0.1) is 4.83 Å². The van der Waals surface area contributed by atoms with Gasteiger partial charge in [0.15, 0.2) is 0 Å². The molecule has 1 aromatic carbocycles. The van der Waals surface area contributed by atoms with Gasteiger partial charge in [0.25, 0.3) is 0 Å². The Hall–Kier alpha value is -0.600. The van der Waals surface area contributed by atoms with Crippen LogP contribution in [-0.4, -0.2) is 0 Å². The number of benzene rings is 1. The largest absolute Gasteiger partial charge is 0.144 e. The molecule has 0 saturated carbocycles. The number of thiophene rings is 1. The van der Waals surface area contributed by atoms with Crippen molar-refractivity contribution in [3.05, 3.63) is 56.8 Å². The molecule has 2 heteroatoms. The number of fused-ring (bicyclic) bond motifs is 1. The van der Waals surface area contributed by atoms with E-state index in [-0.39, 0.29) is 0 Å². The van der Waals surface area contributed by atoms with E-state index in [9.17, 15) is 0 Å². The second-order valence-corrected chi connectivity index (χ2v) is 7.74. The van der Waals surface area contributed by atoms with Crippen LogP contribution in [0.2, 0.25) is 0 Å². The summed E-state index contributed by atoms with van der Waals surface area (Å²) >= 11 is 5.90. The fourth-order valence-corrected chi connectivity index (χ4v) is 4.84. The molecule has 0 radical (unpaired) electrons. The Morgan fingerprint density at radius 2 is 2.05 bits per heavy atom. The first kappa shape index (κ1) is 13.4. The van der Waals surface area contributed by atoms with Gasteiger partial charge in [-0.3, -0.25) is 0 Å². The lowest BCUT2D eigenvalue weighted by atomic mass is 9.98. The molecule has 19 heavy (non-hydrogen) atoms. The van der Waals surface area contributed by atoms with Crippen LogP contribution in [0, 0.1) is 6.92 Å². The molecule has 0 fully saturated rings. The molecule has 0 saturated heterocycles. The molecule has 0 nitrogen and oxygen atoms in total. The van der Waals surface area contributed by atoms with Gasteiger partial charge in [-0.25, -0.2) is 0 Å². The normalized spacial score (nSPS) is 16.1. The SMILES string of the molecule is Cc1cccc(CC(Br)c2cc3c(s2)CCCC3)c1. The Morgan fingerprint density at radius 1 is 1.21 bits per heavy atom. The summed E-state index contributed by atoms with van der Waals surface area (Å²) in [4.78, 5) is 3.60. The second-order valence-electron chi connectivity index (χ2n) is 5.47. The summed E-state index contributed by atoms with van der Waals surface area (Å²) < 4.78 is 0. The summed E-state index contributed by atoms with van der Waals surface area (Å²) in [6.45, 7) is 2.16. The molecule has 100 valence electrons.